The van der Waals surface area contributed by atoms with Crippen molar-refractivity contribution in [3.63, 3.8) is 0 Å². The van der Waals surface area contributed by atoms with Gasteiger partial charge in [-0.05, 0) is 17.8 Å². The summed E-state index contributed by atoms with van der Waals surface area (Å²) in [6, 6.07) is 0. The van der Waals surface area contributed by atoms with Crippen LogP contribution in [-0.2, 0) is 21.3 Å². The Labute approximate surface area is 104 Å². The minimum Gasteiger partial charge on any atom is -0.385 e. The van der Waals surface area contributed by atoms with E-state index in [9.17, 15) is 18.5 Å². The molecule has 0 aliphatic carbocycles. The van der Waals surface area contributed by atoms with Crippen molar-refractivity contribution < 1.29 is 18.1 Å². The van der Waals surface area contributed by atoms with Crippen LogP contribution in [0.4, 0.5) is 5.82 Å². The van der Waals surface area contributed by atoms with Crippen LogP contribution in [0.2, 0.25) is 0 Å². The number of methoxy groups -OCH3 is 1. The quantitative estimate of drug-likeness (QED) is 0.420. The van der Waals surface area contributed by atoms with Gasteiger partial charge in [-0.25, -0.2) is 13.6 Å². The molecule has 0 fully saturated rings. The summed E-state index contributed by atoms with van der Waals surface area (Å²) in [4.78, 5) is 9.21. The van der Waals surface area contributed by atoms with Crippen LogP contribution in [0.15, 0.2) is 11.1 Å². The molecule has 0 amide bonds. The van der Waals surface area contributed by atoms with E-state index in [0.29, 0.717) is 19.6 Å². The summed E-state index contributed by atoms with van der Waals surface area (Å²) in [7, 11) is -2.58. The zero-order chi connectivity index (χ0) is 13.8. The number of nitrogens with two attached hydrogens (primary N) is 1. The Kier molecular flexibility index (Phi) is 4.76. The molecule has 102 valence electrons. The van der Waals surface area contributed by atoms with Crippen LogP contribution in [-0.4, -0.2) is 36.8 Å². The van der Waals surface area contributed by atoms with Gasteiger partial charge in [0, 0.05) is 13.7 Å². The highest BCUT2D eigenvalue weighted by atomic mass is 32.2. The molecule has 2 N–H and O–H groups in total. The van der Waals surface area contributed by atoms with E-state index >= 15 is 0 Å². The second-order valence-electron chi connectivity index (χ2n) is 3.58. The molecule has 0 spiro atoms. The van der Waals surface area contributed by atoms with Crippen LogP contribution in [0, 0.1) is 10.1 Å². The molecule has 0 saturated heterocycles. The highest BCUT2D eigenvalue weighted by molar-refractivity contribution is 7.89. The maximum absolute atomic E-state index is 11.1. The summed E-state index contributed by atoms with van der Waals surface area (Å²) in [5.74, 6) is -0.746. The number of aromatic nitrogens is 2. The van der Waals surface area contributed by atoms with Gasteiger partial charge >= 0.3 is 5.82 Å². The number of sulfonamides is 1. The lowest BCUT2D eigenvalue weighted by Gasteiger charge is -1.97. The normalized spacial score (nSPS) is 11.7. The smallest absolute Gasteiger partial charge is 0.385 e. The number of hydrogen-bond donors (Lipinski definition) is 1. The Morgan fingerprint density at radius 3 is 2.67 bits per heavy atom. The van der Waals surface area contributed by atoms with Gasteiger partial charge in [-0.3, -0.25) is 0 Å². The maximum Gasteiger partial charge on any atom is 0.410 e. The minimum absolute atomic E-state index is 0.361. The van der Waals surface area contributed by atoms with E-state index in [4.69, 9.17) is 9.88 Å². The van der Waals surface area contributed by atoms with Crippen molar-refractivity contribution in [2.45, 2.75) is 24.3 Å². The molecule has 0 radical (unpaired) electrons. The van der Waals surface area contributed by atoms with Gasteiger partial charge in [-0.2, -0.15) is 4.68 Å². The largest absolute Gasteiger partial charge is 0.410 e. The molecule has 0 bridgehead atoms. The van der Waals surface area contributed by atoms with E-state index < -0.39 is 25.7 Å². The average Bonchev–Trinajstić information content (AvgIpc) is 2.68. The van der Waals surface area contributed by atoms with Crippen LogP contribution in [0.1, 0.15) is 12.8 Å². The van der Waals surface area contributed by atoms with Crippen molar-refractivity contribution in [3.8, 4) is 0 Å². The standard InChI is InChI=1S/C8H14N4O5S/c1-17-5-3-2-4-11-6-7(18(9,15)16)8(10-11)12(13)14/h6H,2-5H2,1H3,(H2,9,15,16). The molecule has 0 atom stereocenters. The summed E-state index contributed by atoms with van der Waals surface area (Å²) in [5, 5.41) is 19.1. The fourth-order valence-corrected chi connectivity index (χ4v) is 1.99. The highest BCUT2D eigenvalue weighted by Gasteiger charge is 2.28. The first-order chi connectivity index (χ1) is 8.36. The monoisotopic (exact) mass is 278 g/mol. The number of hydrogen-bond acceptors (Lipinski definition) is 6. The van der Waals surface area contributed by atoms with Crippen LogP contribution in [0.25, 0.3) is 0 Å². The Morgan fingerprint density at radius 2 is 2.22 bits per heavy atom. The van der Waals surface area contributed by atoms with Crippen LogP contribution >= 0.6 is 0 Å². The van der Waals surface area contributed by atoms with Gasteiger partial charge < -0.3 is 14.9 Å². The summed E-state index contributed by atoms with van der Waals surface area (Å²) >= 11 is 0. The number of aryl methyl sites for hydroxylation is 1. The molecular formula is C8H14N4O5S. The molecule has 9 nitrogen and oxygen atoms in total. The van der Waals surface area contributed by atoms with Crippen molar-refractivity contribution in [2.75, 3.05) is 13.7 Å². The molecule has 1 aromatic rings. The van der Waals surface area contributed by atoms with E-state index in [-0.39, 0.29) is 0 Å². The van der Waals surface area contributed by atoms with E-state index in [1.807, 2.05) is 0 Å². The lowest BCUT2D eigenvalue weighted by Crippen LogP contribution is -2.13. The molecule has 0 unspecified atom stereocenters. The molecule has 0 aromatic carbocycles. The number of nitrogens with zero attached hydrogens (tertiary/aromatic N) is 3. The molecule has 1 heterocycles. The fourth-order valence-electron chi connectivity index (χ4n) is 1.35. The summed E-state index contributed by atoms with van der Waals surface area (Å²) in [6.07, 6.45) is 2.48. The van der Waals surface area contributed by atoms with Crippen LogP contribution in [0.3, 0.4) is 0 Å². The van der Waals surface area contributed by atoms with Crippen molar-refractivity contribution >= 4 is 15.8 Å². The summed E-state index contributed by atoms with van der Waals surface area (Å²) in [5.41, 5.74) is 0. The third kappa shape index (κ3) is 3.75. The predicted molar refractivity (Wildman–Crippen MR) is 61.4 cm³/mol. The molecule has 1 aromatic heterocycles. The van der Waals surface area contributed by atoms with E-state index in [1.54, 1.807) is 7.11 Å². The molecule has 10 heteroatoms. The first-order valence-corrected chi connectivity index (χ1v) is 6.64. The Balaban J connectivity index is 2.87. The molecule has 18 heavy (non-hydrogen) atoms. The zero-order valence-corrected chi connectivity index (χ0v) is 10.6. The number of primary sulfonamides is 1. The first kappa shape index (κ1) is 14.5. The van der Waals surface area contributed by atoms with Gasteiger partial charge in [-0.1, -0.05) is 0 Å². The van der Waals surface area contributed by atoms with Gasteiger partial charge in [0.1, 0.15) is 0 Å². The van der Waals surface area contributed by atoms with Crippen molar-refractivity contribution in [1.29, 1.82) is 0 Å². The fraction of sp³-hybridized carbons (Fsp3) is 0.625. The lowest BCUT2D eigenvalue weighted by molar-refractivity contribution is -0.392. The maximum atomic E-state index is 11.1. The molecule has 0 aliphatic rings. The van der Waals surface area contributed by atoms with E-state index in [2.05, 4.69) is 5.10 Å². The summed E-state index contributed by atoms with van der Waals surface area (Å²) in [6.45, 7) is 0.922. The van der Waals surface area contributed by atoms with E-state index in [1.165, 1.54) is 4.68 Å². The van der Waals surface area contributed by atoms with Crippen LogP contribution < -0.4 is 5.14 Å². The first-order valence-electron chi connectivity index (χ1n) is 5.10. The summed E-state index contributed by atoms with van der Waals surface area (Å²) < 4.78 is 28.3. The van der Waals surface area contributed by atoms with Gasteiger partial charge in [0.2, 0.25) is 14.9 Å². The second kappa shape index (κ2) is 5.89. The highest BCUT2D eigenvalue weighted by Crippen LogP contribution is 2.20. The predicted octanol–water partition coefficient (Wildman–Crippen LogP) is -0.135. The average molecular weight is 278 g/mol. The van der Waals surface area contributed by atoms with Crippen LogP contribution in [0.5, 0.6) is 0 Å². The third-order valence-corrected chi connectivity index (χ3v) is 3.08. The number of nitro groups is 1. The molecule has 0 aliphatic heterocycles. The van der Waals surface area contributed by atoms with Gasteiger partial charge in [0.25, 0.3) is 0 Å². The second-order valence-corrected chi connectivity index (χ2v) is 5.11. The van der Waals surface area contributed by atoms with Crippen molar-refractivity contribution in [2.24, 2.45) is 5.14 Å². The van der Waals surface area contributed by atoms with Crippen molar-refractivity contribution in [1.82, 2.24) is 9.78 Å². The number of rotatable bonds is 7. The third-order valence-electron chi connectivity index (χ3n) is 2.17. The molecule has 0 saturated carbocycles. The topological polar surface area (TPSA) is 130 Å². The Bertz CT molecular complexity index is 524. The Hall–Kier alpha value is -1.52. The SMILES string of the molecule is COCCCCn1cc(S(N)(=O)=O)c([N+](=O)[O-])n1. The molecule has 1 rings (SSSR count). The number of ether oxygens (including phenoxy) is 1. The number of unbranched alkanes of at least 4 members (excludes halogenated alkanes) is 1. The van der Waals surface area contributed by atoms with E-state index in [0.717, 1.165) is 12.6 Å². The van der Waals surface area contributed by atoms with Crippen molar-refractivity contribution in [3.05, 3.63) is 16.3 Å². The Morgan fingerprint density at radius 1 is 1.56 bits per heavy atom. The van der Waals surface area contributed by atoms with Gasteiger partial charge in [0.05, 0.1) is 17.8 Å². The van der Waals surface area contributed by atoms with Gasteiger partial charge in [-0.15, -0.1) is 0 Å². The lowest BCUT2D eigenvalue weighted by atomic mass is 10.3. The molecular weight excluding hydrogens is 264 g/mol. The zero-order valence-electron chi connectivity index (χ0n) is 9.77. The van der Waals surface area contributed by atoms with Gasteiger partial charge in [0.15, 0.2) is 0 Å². The minimum atomic E-state index is -4.14.